The van der Waals surface area contributed by atoms with Crippen molar-refractivity contribution in [3.63, 3.8) is 0 Å². The Morgan fingerprint density at radius 3 is 2.38 bits per heavy atom. The van der Waals surface area contributed by atoms with Crippen molar-refractivity contribution < 1.29 is 14.3 Å². The molecular formula is C25H25ClN2O3S. The summed E-state index contributed by atoms with van der Waals surface area (Å²) in [4.78, 5) is 26.2. The highest BCUT2D eigenvalue weighted by atomic mass is 35.5. The van der Waals surface area contributed by atoms with Crippen molar-refractivity contribution in [2.75, 3.05) is 17.7 Å². The molecule has 0 saturated carbocycles. The summed E-state index contributed by atoms with van der Waals surface area (Å²) in [5.41, 5.74) is 2.98. The lowest BCUT2D eigenvalue weighted by atomic mass is 10.1. The zero-order valence-electron chi connectivity index (χ0n) is 18.1. The molecule has 166 valence electrons. The summed E-state index contributed by atoms with van der Waals surface area (Å²) >= 11 is 7.60. The van der Waals surface area contributed by atoms with Crippen molar-refractivity contribution in [3.05, 3.63) is 82.9 Å². The van der Waals surface area contributed by atoms with E-state index in [0.29, 0.717) is 34.1 Å². The highest BCUT2D eigenvalue weighted by molar-refractivity contribution is 8.00. The number of benzene rings is 3. The zero-order valence-corrected chi connectivity index (χ0v) is 19.7. The fourth-order valence-corrected chi connectivity index (χ4v) is 4.28. The molecule has 0 bridgehead atoms. The summed E-state index contributed by atoms with van der Waals surface area (Å²) in [6.07, 6.45) is 0.639. The number of anilines is 2. The lowest BCUT2D eigenvalue weighted by Gasteiger charge is -2.16. The number of halogens is 1. The lowest BCUT2D eigenvalue weighted by Crippen LogP contribution is -2.24. The fourth-order valence-electron chi connectivity index (χ4n) is 3.01. The van der Waals surface area contributed by atoms with Gasteiger partial charge in [0.05, 0.1) is 17.4 Å². The van der Waals surface area contributed by atoms with Gasteiger partial charge in [0, 0.05) is 21.8 Å². The molecule has 0 heterocycles. The Balaban J connectivity index is 1.65. The minimum Gasteiger partial charge on any atom is -0.495 e. The summed E-state index contributed by atoms with van der Waals surface area (Å²) in [7, 11) is 1.54. The van der Waals surface area contributed by atoms with Gasteiger partial charge in [0.2, 0.25) is 5.91 Å². The van der Waals surface area contributed by atoms with E-state index in [-0.39, 0.29) is 17.1 Å². The Bertz CT molecular complexity index is 1100. The molecule has 0 saturated heterocycles. The Labute approximate surface area is 197 Å². The van der Waals surface area contributed by atoms with E-state index in [0.717, 1.165) is 10.5 Å². The van der Waals surface area contributed by atoms with Crippen LogP contribution in [0.25, 0.3) is 0 Å². The summed E-state index contributed by atoms with van der Waals surface area (Å²) in [6.45, 7) is 3.94. The van der Waals surface area contributed by atoms with Crippen LogP contribution in [-0.2, 0) is 4.79 Å². The predicted molar refractivity (Wildman–Crippen MR) is 132 cm³/mol. The first kappa shape index (κ1) is 23.7. The van der Waals surface area contributed by atoms with Crippen LogP contribution in [0.3, 0.4) is 0 Å². The summed E-state index contributed by atoms with van der Waals surface area (Å²) in [5, 5.41) is 5.95. The van der Waals surface area contributed by atoms with E-state index in [1.165, 1.54) is 11.8 Å². The van der Waals surface area contributed by atoms with E-state index in [1.807, 2.05) is 50.2 Å². The zero-order chi connectivity index (χ0) is 23.1. The molecule has 7 heteroatoms. The Morgan fingerprint density at radius 1 is 1.00 bits per heavy atom. The van der Waals surface area contributed by atoms with Crippen LogP contribution in [0.15, 0.2) is 71.6 Å². The molecule has 0 aromatic heterocycles. The van der Waals surface area contributed by atoms with E-state index in [2.05, 4.69) is 10.6 Å². The van der Waals surface area contributed by atoms with Crippen LogP contribution in [0.5, 0.6) is 5.75 Å². The molecule has 32 heavy (non-hydrogen) atoms. The first-order valence-corrected chi connectivity index (χ1v) is 11.4. The quantitative estimate of drug-likeness (QED) is 0.374. The average Bonchev–Trinajstić information content (AvgIpc) is 2.78. The highest BCUT2D eigenvalue weighted by Gasteiger charge is 2.19. The van der Waals surface area contributed by atoms with Crippen LogP contribution >= 0.6 is 23.4 Å². The van der Waals surface area contributed by atoms with Crippen LogP contribution in [0.2, 0.25) is 5.02 Å². The van der Waals surface area contributed by atoms with Gasteiger partial charge < -0.3 is 15.4 Å². The van der Waals surface area contributed by atoms with Crippen molar-refractivity contribution in [2.45, 2.75) is 30.4 Å². The molecule has 2 N–H and O–H groups in total. The van der Waals surface area contributed by atoms with Crippen molar-refractivity contribution in [3.8, 4) is 5.75 Å². The van der Waals surface area contributed by atoms with Crippen LogP contribution < -0.4 is 15.4 Å². The molecule has 0 aliphatic carbocycles. The third kappa shape index (κ3) is 6.28. The maximum atomic E-state index is 12.8. The largest absolute Gasteiger partial charge is 0.495 e. The van der Waals surface area contributed by atoms with E-state index in [4.69, 9.17) is 16.3 Å². The lowest BCUT2D eigenvalue weighted by molar-refractivity contribution is -0.115. The first-order chi connectivity index (χ1) is 15.4. The van der Waals surface area contributed by atoms with Gasteiger partial charge in [-0.3, -0.25) is 9.59 Å². The number of ether oxygens (including phenoxy) is 1. The molecule has 1 unspecified atom stereocenters. The number of thioether (sulfide) groups is 1. The number of carbonyl (C=O) groups is 2. The topological polar surface area (TPSA) is 67.4 Å². The van der Waals surface area contributed by atoms with Crippen molar-refractivity contribution in [1.82, 2.24) is 0 Å². The monoisotopic (exact) mass is 468 g/mol. The number of methoxy groups -OCH3 is 1. The van der Waals surface area contributed by atoms with Gasteiger partial charge in [-0.05, 0) is 61.9 Å². The number of hydrogen-bond acceptors (Lipinski definition) is 4. The SMILES string of the molecule is CCC(Sc1cccc(NC(=O)c2ccc(C)cc2)c1)C(=O)Nc1ccc(OC)c(Cl)c1. The average molecular weight is 469 g/mol. The maximum absolute atomic E-state index is 12.8. The number of hydrogen-bond donors (Lipinski definition) is 2. The predicted octanol–water partition coefficient (Wildman–Crippen LogP) is 6.42. The van der Waals surface area contributed by atoms with Crippen LogP contribution in [0, 0.1) is 6.92 Å². The van der Waals surface area contributed by atoms with Crippen molar-refractivity contribution in [1.29, 1.82) is 0 Å². The van der Waals surface area contributed by atoms with E-state index in [9.17, 15) is 9.59 Å². The second-order valence-corrected chi connectivity index (χ2v) is 8.88. The number of aryl methyl sites for hydroxylation is 1. The second-order valence-electron chi connectivity index (χ2n) is 7.20. The molecule has 2 amide bonds. The molecule has 3 rings (SSSR count). The van der Waals surface area contributed by atoms with Crippen molar-refractivity contribution >= 4 is 46.6 Å². The molecule has 0 radical (unpaired) electrons. The molecule has 3 aromatic carbocycles. The second kappa shape index (κ2) is 11.1. The van der Waals surface area contributed by atoms with Gasteiger partial charge in [0.15, 0.2) is 0 Å². The van der Waals surface area contributed by atoms with E-state index >= 15 is 0 Å². The number of rotatable bonds is 8. The number of nitrogens with one attached hydrogen (secondary N) is 2. The smallest absolute Gasteiger partial charge is 0.255 e. The Hall–Kier alpha value is -2.96. The van der Waals surface area contributed by atoms with Crippen LogP contribution in [0.1, 0.15) is 29.3 Å². The molecule has 0 fully saturated rings. The minimum atomic E-state index is -0.307. The van der Waals surface area contributed by atoms with E-state index < -0.39 is 0 Å². The normalized spacial score (nSPS) is 11.5. The van der Waals surface area contributed by atoms with Gasteiger partial charge >= 0.3 is 0 Å². The number of carbonyl (C=O) groups excluding carboxylic acids is 2. The van der Waals surface area contributed by atoms with Gasteiger partial charge in [-0.1, -0.05) is 42.3 Å². The third-order valence-corrected chi connectivity index (χ3v) is 6.42. The van der Waals surface area contributed by atoms with Crippen molar-refractivity contribution in [2.24, 2.45) is 0 Å². The summed E-state index contributed by atoms with van der Waals surface area (Å²) in [5.74, 6) is 0.261. The Morgan fingerprint density at radius 2 is 1.72 bits per heavy atom. The molecule has 3 aromatic rings. The van der Waals surface area contributed by atoms with Gasteiger partial charge in [0.1, 0.15) is 5.75 Å². The van der Waals surface area contributed by atoms with Gasteiger partial charge in [0.25, 0.3) is 5.91 Å². The minimum absolute atomic E-state index is 0.118. The molecule has 0 spiro atoms. The highest BCUT2D eigenvalue weighted by Crippen LogP contribution is 2.30. The molecule has 0 aliphatic rings. The molecule has 1 atom stereocenters. The van der Waals surface area contributed by atoms with Gasteiger partial charge in [-0.2, -0.15) is 0 Å². The van der Waals surface area contributed by atoms with E-state index in [1.54, 1.807) is 37.4 Å². The maximum Gasteiger partial charge on any atom is 0.255 e. The molecule has 5 nitrogen and oxygen atoms in total. The summed E-state index contributed by atoms with van der Waals surface area (Å²) in [6, 6.07) is 20.0. The molecule has 0 aliphatic heterocycles. The fraction of sp³-hybridized carbons (Fsp3) is 0.200. The number of amides is 2. The first-order valence-electron chi connectivity index (χ1n) is 10.2. The molecular weight excluding hydrogens is 444 g/mol. The third-order valence-electron chi connectivity index (χ3n) is 4.77. The Kier molecular flexibility index (Phi) is 8.20. The standard InChI is InChI=1S/C25H25ClN2O3S/c1-4-23(25(30)28-19-12-13-22(31-3)21(26)15-19)32-20-7-5-6-18(14-20)27-24(29)17-10-8-16(2)9-11-17/h5-15,23H,4H2,1-3H3,(H,27,29)(H,28,30). The van der Waals surface area contributed by atoms with Gasteiger partial charge in [-0.15, -0.1) is 11.8 Å². The van der Waals surface area contributed by atoms with Gasteiger partial charge in [-0.25, -0.2) is 0 Å². The summed E-state index contributed by atoms with van der Waals surface area (Å²) < 4.78 is 5.15. The van der Waals surface area contributed by atoms with Crippen LogP contribution in [-0.4, -0.2) is 24.2 Å². The van der Waals surface area contributed by atoms with Crippen LogP contribution in [0.4, 0.5) is 11.4 Å².